The molecule has 28 heavy (non-hydrogen) atoms. The van der Waals surface area contributed by atoms with Crippen LogP contribution in [0.25, 0.3) is 11.1 Å². The SMILES string of the molecule is COC(=O)C1CN(c2cccc(-c3cc(C(F)(F)F)cc4c3NC3CC43)c2)C1. The molecule has 3 aliphatic rings. The Hall–Kier alpha value is -2.70. The van der Waals surface area contributed by atoms with Gasteiger partial charge in [-0.25, -0.2) is 0 Å². The van der Waals surface area contributed by atoms with Gasteiger partial charge in [-0.2, -0.15) is 13.2 Å². The van der Waals surface area contributed by atoms with Crippen molar-refractivity contribution in [2.24, 2.45) is 5.92 Å². The lowest BCUT2D eigenvalue weighted by Crippen LogP contribution is -2.50. The molecular weight excluding hydrogens is 369 g/mol. The minimum absolute atomic E-state index is 0.153. The highest BCUT2D eigenvalue weighted by molar-refractivity contribution is 5.86. The summed E-state index contributed by atoms with van der Waals surface area (Å²) in [6.07, 6.45) is -3.48. The number of rotatable bonds is 3. The first-order valence-electron chi connectivity index (χ1n) is 9.30. The number of halogens is 3. The summed E-state index contributed by atoms with van der Waals surface area (Å²) < 4.78 is 45.1. The van der Waals surface area contributed by atoms with Crippen molar-refractivity contribution >= 4 is 17.3 Å². The van der Waals surface area contributed by atoms with Gasteiger partial charge in [0, 0.05) is 42.0 Å². The summed E-state index contributed by atoms with van der Waals surface area (Å²) in [6, 6.07) is 10.3. The quantitative estimate of drug-likeness (QED) is 0.798. The lowest BCUT2D eigenvalue weighted by atomic mass is 9.94. The Morgan fingerprint density at radius 2 is 2.00 bits per heavy atom. The maximum atomic E-state index is 13.4. The van der Waals surface area contributed by atoms with Gasteiger partial charge >= 0.3 is 12.1 Å². The first kappa shape index (κ1) is 17.4. The number of hydrogen-bond donors (Lipinski definition) is 1. The fourth-order valence-electron chi connectivity index (χ4n) is 4.27. The van der Waals surface area contributed by atoms with Crippen LogP contribution in [0.4, 0.5) is 24.5 Å². The molecule has 1 aliphatic carbocycles. The van der Waals surface area contributed by atoms with Gasteiger partial charge in [0.1, 0.15) is 0 Å². The Kier molecular flexibility index (Phi) is 3.66. The predicted molar refractivity (Wildman–Crippen MR) is 99.4 cm³/mol. The minimum Gasteiger partial charge on any atom is -0.469 e. The minimum atomic E-state index is -4.38. The van der Waals surface area contributed by atoms with Crippen LogP contribution in [-0.4, -0.2) is 32.2 Å². The molecule has 2 fully saturated rings. The molecule has 2 atom stereocenters. The molecule has 2 unspecified atom stereocenters. The average molecular weight is 388 g/mol. The van der Waals surface area contributed by atoms with Crippen LogP contribution in [-0.2, 0) is 15.7 Å². The van der Waals surface area contributed by atoms with E-state index in [1.807, 2.05) is 29.2 Å². The lowest BCUT2D eigenvalue weighted by Gasteiger charge is -2.39. The summed E-state index contributed by atoms with van der Waals surface area (Å²) in [5.74, 6) is -0.192. The second kappa shape index (κ2) is 5.90. The van der Waals surface area contributed by atoms with Crippen molar-refractivity contribution in [2.45, 2.75) is 24.6 Å². The molecule has 1 N–H and O–H groups in total. The van der Waals surface area contributed by atoms with Crippen LogP contribution in [0.1, 0.15) is 23.5 Å². The number of nitrogens with zero attached hydrogens (tertiary/aromatic N) is 1. The van der Waals surface area contributed by atoms with Gasteiger partial charge in [0.15, 0.2) is 0 Å². The number of benzene rings is 2. The van der Waals surface area contributed by atoms with Crippen LogP contribution in [0.2, 0.25) is 0 Å². The molecule has 0 radical (unpaired) electrons. The topological polar surface area (TPSA) is 41.6 Å². The van der Waals surface area contributed by atoms with E-state index >= 15 is 0 Å². The zero-order chi connectivity index (χ0) is 19.6. The van der Waals surface area contributed by atoms with Crippen LogP contribution < -0.4 is 10.2 Å². The van der Waals surface area contributed by atoms with Crippen molar-refractivity contribution in [1.29, 1.82) is 0 Å². The number of ether oxygens (including phenoxy) is 1. The third-order valence-corrected chi connectivity index (χ3v) is 5.95. The van der Waals surface area contributed by atoms with Gasteiger partial charge in [0.05, 0.1) is 18.6 Å². The fourth-order valence-corrected chi connectivity index (χ4v) is 4.27. The van der Waals surface area contributed by atoms with Crippen LogP contribution in [0.5, 0.6) is 0 Å². The number of alkyl halides is 3. The van der Waals surface area contributed by atoms with E-state index in [-0.39, 0.29) is 23.8 Å². The van der Waals surface area contributed by atoms with Gasteiger partial charge in [0.2, 0.25) is 0 Å². The van der Waals surface area contributed by atoms with Gasteiger partial charge in [-0.1, -0.05) is 12.1 Å². The fraction of sp³-hybridized carbons (Fsp3) is 0.381. The summed E-state index contributed by atoms with van der Waals surface area (Å²) in [6.45, 7) is 1.11. The summed E-state index contributed by atoms with van der Waals surface area (Å²) >= 11 is 0. The molecule has 0 bridgehead atoms. The van der Waals surface area contributed by atoms with Crippen molar-refractivity contribution in [3.63, 3.8) is 0 Å². The molecule has 4 nitrogen and oxygen atoms in total. The maximum Gasteiger partial charge on any atom is 0.416 e. The normalized spacial score (nSPS) is 22.8. The standard InChI is InChI=1S/C21H19F3N2O2/c1-28-20(27)12-9-26(10-12)14-4-2-3-11(5-14)15-6-13(21(22,23)24)7-17-16-8-18(16)25-19(15)17/h2-7,12,16,18,25H,8-10H2,1H3. The number of esters is 1. The molecule has 1 saturated carbocycles. The zero-order valence-electron chi connectivity index (χ0n) is 15.2. The summed E-state index contributed by atoms with van der Waals surface area (Å²) in [5.41, 5.74) is 3.22. The highest BCUT2D eigenvalue weighted by atomic mass is 19.4. The van der Waals surface area contributed by atoms with Crippen molar-refractivity contribution in [3.05, 3.63) is 47.5 Å². The Morgan fingerprint density at radius 1 is 1.21 bits per heavy atom. The van der Waals surface area contributed by atoms with Gasteiger partial charge in [-0.15, -0.1) is 0 Å². The van der Waals surface area contributed by atoms with E-state index in [1.165, 1.54) is 19.2 Å². The Labute approximate surface area is 160 Å². The van der Waals surface area contributed by atoms with Crippen molar-refractivity contribution < 1.29 is 22.7 Å². The molecule has 2 heterocycles. The third kappa shape index (κ3) is 2.72. The number of carbonyl (C=O) groups is 1. The van der Waals surface area contributed by atoms with Crippen molar-refractivity contribution in [3.8, 4) is 11.1 Å². The molecule has 0 aromatic heterocycles. The monoisotopic (exact) mass is 388 g/mol. The van der Waals surface area contributed by atoms with Crippen LogP contribution in [0.15, 0.2) is 36.4 Å². The first-order chi connectivity index (χ1) is 13.3. The van der Waals surface area contributed by atoms with Gasteiger partial charge in [-0.3, -0.25) is 4.79 Å². The van der Waals surface area contributed by atoms with Crippen LogP contribution >= 0.6 is 0 Å². The molecule has 2 aromatic carbocycles. The third-order valence-electron chi connectivity index (χ3n) is 5.95. The summed E-state index contributed by atoms with van der Waals surface area (Å²) in [5, 5.41) is 3.38. The average Bonchev–Trinajstić information content (AvgIpc) is 3.30. The molecule has 0 amide bonds. The zero-order valence-corrected chi connectivity index (χ0v) is 15.2. The molecule has 2 aliphatic heterocycles. The second-order valence-corrected chi connectivity index (χ2v) is 7.75. The number of hydrogen-bond acceptors (Lipinski definition) is 4. The van der Waals surface area contributed by atoms with Crippen LogP contribution in [0, 0.1) is 5.92 Å². The van der Waals surface area contributed by atoms with E-state index < -0.39 is 11.7 Å². The van der Waals surface area contributed by atoms with E-state index in [4.69, 9.17) is 4.74 Å². The Morgan fingerprint density at radius 3 is 2.71 bits per heavy atom. The van der Waals surface area contributed by atoms with E-state index in [2.05, 4.69) is 5.32 Å². The summed E-state index contributed by atoms with van der Waals surface area (Å²) in [4.78, 5) is 13.6. The van der Waals surface area contributed by atoms with E-state index in [0.717, 1.165) is 28.9 Å². The Bertz CT molecular complexity index is 967. The predicted octanol–water partition coefficient (Wildman–Crippen LogP) is 4.26. The highest BCUT2D eigenvalue weighted by Gasteiger charge is 2.47. The molecule has 7 heteroatoms. The summed E-state index contributed by atoms with van der Waals surface area (Å²) in [7, 11) is 1.37. The number of nitrogens with one attached hydrogen (secondary N) is 1. The molecule has 1 saturated heterocycles. The van der Waals surface area contributed by atoms with Gasteiger partial charge in [-0.05, 0) is 41.8 Å². The number of fused-ring (bicyclic) bond motifs is 3. The van der Waals surface area contributed by atoms with E-state index in [1.54, 1.807) is 0 Å². The molecular formula is C21H19F3N2O2. The van der Waals surface area contributed by atoms with Crippen LogP contribution in [0.3, 0.4) is 0 Å². The molecule has 2 aromatic rings. The number of methoxy groups -OCH3 is 1. The number of anilines is 2. The van der Waals surface area contributed by atoms with Gasteiger partial charge in [0.25, 0.3) is 0 Å². The van der Waals surface area contributed by atoms with Crippen molar-refractivity contribution in [2.75, 3.05) is 30.4 Å². The van der Waals surface area contributed by atoms with Gasteiger partial charge < -0.3 is 15.0 Å². The molecule has 5 rings (SSSR count). The largest absolute Gasteiger partial charge is 0.469 e. The number of carbonyl (C=O) groups excluding carboxylic acids is 1. The Balaban J connectivity index is 1.50. The maximum absolute atomic E-state index is 13.4. The molecule has 146 valence electrons. The molecule has 0 spiro atoms. The highest BCUT2D eigenvalue weighted by Crippen LogP contribution is 2.56. The van der Waals surface area contributed by atoms with E-state index in [9.17, 15) is 18.0 Å². The first-order valence-corrected chi connectivity index (χ1v) is 9.30. The van der Waals surface area contributed by atoms with Crippen molar-refractivity contribution in [1.82, 2.24) is 0 Å². The lowest BCUT2D eigenvalue weighted by molar-refractivity contribution is -0.146. The van der Waals surface area contributed by atoms with E-state index in [0.29, 0.717) is 18.7 Å². The smallest absolute Gasteiger partial charge is 0.416 e. The second-order valence-electron chi connectivity index (χ2n) is 7.75.